The number of fused-ring (bicyclic) bond motifs is 1. The molecule has 3 aromatic heterocycles. The topological polar surface area (TPSA) is 34.0 Å². The van der Waals surface area contributed by atoms with Crippen molar-refractivity contribution in [2.24, 2.45) is 0 Å². The summed E-state index contributed by atoms with van der Waals surface area (Å²) in [6.07, 6.45) is 6.18. The van der Waals surface area contributed by atoms with Gasteiger partial charge in [-0.3, -0.25) is 4.90 Å². The van der Waals surface area contributed by atoms with E-state index < -0.39 is 0 Å². The van der Waals surface area contributed by atoms with Crippen LogP contribution in [0.15, 0.2) is 60.1 Å². The minimum Gasteiger partial charge on any atom is -0.309 e. The van der Waals surface area contributed by atoms with Crippen LogP contribution in [0.25, 0.3) is 11.2 Å². The molecule has 1 aliphatic heterocycles. The van der Waals surface area contributed by atoms with Crippen LogP contribution in [0.5, 0.6) is 0 Å². The van der Waals surface area contributed by atoms with Crippen LogP contribution in [0, 0.1) is 6.92 Å². The molecule has 0 atom stereocenters. The van der Waals surface area contributed by atoms with Gasteiger partial charge in [0, 0.05) is 43.2 Å². The first-order valence-corrected chi connectivity index (χ1v) is 11.8. The number of thiophene rings is 1. The van der Waals surface area contributed by atoms with Crippen molar-refractivity contribution in [1.82, 2.24) is 19.4 Å². The molecule has 5 rings (SSSR count). The maximum atomic E-state index is 4.98. The summed E-state index contributed by atoms with van der Waals surface area (Å²) in [6.45, 7) is 5.57. The fourth-order valence-electron chi connectivity index (χ4n) is 4.54. The van der Waals surface area contributed by atoms with Crippen LogP contribution in [0.2, 0.25) is 0 Å². The average molecular weight is 417 g/mol. The lowest BCUT2D eigenvalue weighted by Crippen LogP contribution is -2.34. The Morgan fingerprint density at radius 1 is 1.00 bits per heavy atom. The Labute approximate surface area is 182 Å². The van der Waals surface area contributed by atoms with Gasteiger partial charge in [-0.25, -0.2) is 9.97 Å². The van der Waals surface area contributed by atoms with Crippen LogP contribution < -0.4 is 0 Å². The Morgan fingerprint density at radius 2 is 1.83 bits per heavy atom. The van der Waals surface area contributed by atoms with Crippen LogP contribution in [0.1, 0.15) is 40.7 Å². The summed E-state index contributed by atoms with van der Waals surface area (Å²) in [5.41, 5.74) is 4.87. The quantitative estimate of drug-likeness (QED) is 0.421. The molecule has 0 aliphatic carbocycles. The van der Waals surface area contributed by atoms with Gasteiger partial charge in [0.2, 0.25) is 0 Å². The van der Waals surface area contributed by atoms with Gasteiger partial charge in [0.25, 0.3) is 0 Å². The Hall–Kier alpha value is -2.50. The molecule has 1 saturated heterocycles. The third-order valence-electron chi connectivity index (χ3n) is 6.26. The van der Waals surface area contributed by atoms with Crippen molar-refractivity contribution in [2.45, 2.75) is 45.2 Å². The Kier molecular flexibility index (Phi) is 5.65. The van der Waals surface area contributed by atoms with E-state index in [0.717, 1.165) is 56.5 Å². The van der Waals surface area contributed by atoms with Crippen LogP contribution in [0.4, 0.5) is 0 Å². The van der Waals surface area contributed by atoms with Gasteiger partial charge in [-0.15, -0.1) is 11.3 Å². The second-order valence-electron chi connectivity index (χ2n) is 8.26. The van der Waals surface area contributed by atoms with E-state index in [1.807, 2.05) is 23.6 Å². The number of likely N-dealkylation sites (tertiary alicyclic amines) is 1. The van der Waals surface area contributed by atoms with Crippen LogP contribution in [-0.4, -0.2) is 32.5 Å². The zero-order valence-corrected chi connectivity index (χ0v) is 18.3. The summed E-state index contributed by atoms with van der Waals surface area (Å²) in [6, 6.07) is 17.5. The molecule has 154 valence electrons. The maximum absolute atomic E-state index is 4.98. The summed E-state index contributed by atoms with van der Waals surface area (Å²) in [4.78, 5) is 13.8. The van der Waals surface area contributed by atoms with Gasteiger partial charge in [0.1, 0.15) is 11.3 Å². The predicted octanol–water partition coefficient (Wildman–Crippen LogP) is 5.42. The van der Waals surface area contributed by atoms with Gasteiger partial charge >= 0.3 is 0 Å². The molecule has 0 bridgehead atoms. The van der Waals surface area contributed by atoms with E-state index in [4.69, 9.17) is 9.97 Å². The third-order valence-corrected chi connectivity index (χ3v) is 7.27. The molecule has 0 radical (unpaired) electrons. The highest BCUT2D eigenvalue weighted by Crippen LogP contribution is 2.30. The van der Waals surface area contributed by atoms with Gasteiger partial charge < -0.3 is 4.57 Å². The Balaban J connectivity index is 1.34. The van der Waals surface area contributed by atoms with E-state index >= 15 is 0 Å². The van der Waals surface area contributed by atoms with E-state index in [2.05, 4.69) is 64.2 Å². The number of benzene rings is 1. The fraction of sp³-hybridized carbons (Fsp3) is 0.360. The standard InChI is InChI=1S/C25H28N4S/c1-19-13-17-30-23(19)18-28-15-11-21(12-16-28)29-24(10-9-20-6-3-2-4-7-20)27-22-8-5-14-26-25(22)29/h2-8,13-14,17,21H,9-12,15-16,18H2,1H3. The van der Waals surface area contributed by atoms with Gasteiger partial charge in [-0.1, -0.05) is 30.3 Å². The van der Waals surface area contributed by atoms with Crippen LogP contribution in [0.3, 0.4) is 0 Å². The lowest BCUT2D eigenvalue weighted by Gasteiger charge is -2.33. The van der Waals surface area contributed by atoms with Crippen molar-refractivity contribution < 1.29 is 0 Å². The molecule has 0 N–H and O–H groups in total. The number of hydrogen-bond donors (Lipinski definition) is 0. The number of imidazole rings is 1. The van der Waals surface area contributed by atoms with E-state index in [9.17, 15) is 0 Å². The summed E-state index contributed by atoms with van der Waals surface area (Å²) in [5, 5.41) is 2.21. The minimum absolute atomic E-state index is 0.483. The zero-order valence-electron chi connectivity index (χ0n) is 17.5. The van der Waals surface area contributed by atoms with Gasteiger partial charge in [-0.2, -0.15) is 0 Å². The van der Waals surface area contributed by atoms with Crippen molar-refractivity contribution in [3.8, 4) is 0 Å². The molecule has 0 unspecified atom stereocenters. The van der Waals surface area contributed by atoms with Gasteiger partial charge in [0.15, 0.2) is 5.65 Å². The number of nitrogens with zero attached hydrogens (tertiary/aromatic N) is 4. The predicted molar refractivity (Wildman–Crippen MR) is 124 cm³/mol. The molecular weight excluding hydrogens is 388 g/mol. The minimum atomic E-state index is 0.483. The van der Waals surface area contributed by atoms with E-state index in [1.165, 1.54) is 21.8 Å². The third kappa shape index (κ3) is 4.05. The van der Waals surface area contributed by atoms with Crippen molar-refractivity contribution >= 4 is 22.5 Å². The molecule has 4 aromatic rings. The van der Waals surface area contributed by atoms with Crippen LogP contribution in [-0.2, 0) is 19.4 Å². The molecule has 4 heterocycles. The Bertz CT molecular complexity index is 1110. The second-order valence-corrected chi connectivity index (χ2v) is 9.26. The number of rotatable bonds is 6. The Morgan fingerprint density at radius 3 is 2.60 bits per heavy atom. The second kappa shape index (κ2) is 8.70. The molecule has 0 amide bonds. The molecule has 5 heteroatoms. The number of piperidine rings is 1. The molecule has 0 spiro atoms. The molecule has 1 aromatic carbocycles. The van der Waals surface area contributed by atoms with Crippen molar-refractivity contribution in [3.05, 3.63) is 81.9 Å². The average Bonchev–Trinajstić information content (AvgIpc) is 3.36. The highest BCUT2D eigenvalue weighted by atomic mass is 32.1. The van der Waals surface area contributed by atoms with Gasteiger partial charge in [-0.05, 0) is 60.9 Å². The van der Waals surface area contributed by atoms with E-state index in [0.29, 0.717) is 6.04 Å². The zero-order chi connectivity index (χ0) is 20.3. The molecule has 0 saturated carbocycles. The summed E-state index contributed by atoms with van der Waals surface area (Å²) in [5.74, 6) is 1.18. The lowest BCUT2D eigenvalue weighted by atomic mass is 10.0. The van der Waals surface area contributed by atoms with Crippen molar-refractivity contribution in [3.63, 3.8) is 0 Å². The normalized spacial score (nSPS) is 15.8. The van der Waals surface area contributed by atoms with Crippen molar-refractivity contribution in [2.75, 3.05) is 13.1 Å². The lowest BCUT2D eigenvalue weighted by molar-refractivity contribution is 0.180. The number of pyridine rings is 1. The fourth-order valence-corrected chi connectivity index (χ4v) is 5.49. The van der Waals surface area contributed by atoms with Crippen LogP contribution >= 0.6 is 11.3 Å². The first kappa shape index (κ1) is 19.5. The van der Waals surface area contributed by atoms with E-state index in [1.54, 1.807) is 0 Å². The molecule has 4 nitrogen and oxygen atoms in total. The largest absolute Gasteiger partial charge is 0.309 e. The monoisotopic (exact) mass is 416 g/mol. The smallest absolute Gasteiger partial charge is 0.160 e. The van der Waals surface area contributed by atoms with Crippen molar-refractivity contribution in [1.29, 1.82) is 0 Å². The number of aryl methyl sites for hydroxylation is 3. The number of hydrogen-bond acceptors (Lipinski definition) is 4. The SMILES string of the molecule is Cc1ccsc1CN1CCC(n2c(CCc3ccccc3)nc3cccnc32)CC1. The number of aromatic nitrogens is 3. The van der Waals surface area contributed by atoms with Gasteiger partial charge in [0.05, 0.1) is 0 Å². The first-order valence-electron chi connectivity index (χ1n) is 10.9. The highest BCUT2D eigenvalue weighted by Gasteiger charge is 2.25. The van der Waals surface area contributed by atoms with E-state index in [-0.39, 0.29) is 0 Å². The molecule has 30 heavy (non-hydrogen) atoms. The first-order chi connectivity index (χ1) is 14.8. The molecular formula is C25H28N4S. The molecule has 1 fully saturated rings. The summed E-state index contributed by atoms with van der Waals surface area (Å²) in [7, 11) is 0. The maximum Gasteiger partial charge on any atom is 0.160 e. The summed E-state index contributed by atoms with van der Waals surface area (Å²) < 4.78 is 2.45. The molecule has 1 aliphatic rings. The highest BCUT2D eigenvalue weighted by molar-refractivity contribution is 7.10. The summed E-state index contributed by atoms with van der Waals surface area (Å²) >= 11 is 1.88.